The van der Waals surface area contributed by atoms with Gasteiger partial charge in [0.2, 0.25) is 10.0 Å². The topological polar surface area (TPSA) is 50.3 Å². The Morgan fingerprint density at radius 3 is 2.55 bits per heavy atom. The first kappa shape index (κ1) is 17.7. The molecule has 0 atom stereocenters. The Labute approximate surface area is 145 Å². The van der Waals surface area contributed by atoms with Crippen LogP contribution in [0.25, 0.3) is 10.8 Å². The molecule has 0 bridgehead atoms. The van der Waals surface area contributed by atoms with E-state index in [0.717, 1.165) is 16.3 Å². The first-order valence-electron chi connectivity index (χ1n) is 5.76. The number of aryl methyl sites for hydroxylation is 1. The fraction of sp³-hybridized carbons (Fsp3) is 0.214. The summed E-state index contributed by atoms with van der Waals surface area (Å²) >= 11 is 0. The molecule has 2 aromatic rings. The zero-order valence-corrected chi connectivity index (χ0v) is 15.2. The Balaban J connectivity index is 0.000001000. The van der Waals surface area contributed by atoms with Crippen LogP contribution in [0, 0.1) is 20.8 Å². The minimum Gasteiger partial charge on any atom is -0.358 e. The summed E-state index contributed by atoms with van der Waals surface area (Å²) in [6.45, 7) is 2.89. The van der Waals surface area contributed by atoms with Crippen LogP contribution in [-0.4, -0.2) is 30.8 Å². The molecule has 0 saturated carbocycles. The van der Waals surface area contributed by atoms with Crippen molar-refractivity contribution in [1.82, 2.24) is 9.29 Å². The van der Waals surface area contributed by atoms with Gasteiger partial charge in [0.1, 0.15) is 0 Å². The van der Waals surface area contributed by atoms with Crippen molar-refractivity contribution in [3.63, 3.8) is 0 Å². The third kappa shape index (κ3) is 2.82. The van der Waals surface area contributed by atoms with E-state index < -0.39 is 10.0 Å². The zero-order valence-electron chi connectivity index (χ0n) is 11.6. The molecule has 105 valence electrons. The Morgan fingerprint density at radius 1 is 1.25 bits per heavy atom. The maximum Gasteiger partial charge on any atom is 0.238 e. The van der Waals surface area contributed by atoms with Gasteiger partial charge in [0, 0.05) is 55.9 Å². The van der Waals surface area contributed by atoms with Crippen LogP contribution in [0.2, 0.25) is 0 Å². The monoisotopic (exact) mass is 365 g/mol. The average Bonchev–Trinajstić information content (AvgIpc) is 2.25. The molecule has 1 aliphatic heterocycles. The second kappa shape index (κ2) is 6.60. The van der Waals surface area contributed by atoms with Crippen LogP contribution in [-0.2, 0) is 42.7 Å². The number of benzene rings is 1. The van der Waals surface area contributed by atoms with Crippen LogP contribution in [0.4, 0.5) is 0 Å². The summed E-state index contributed by atoms with van der Waals surface area (Å²) in [7, 11) is -3.38. The Kier molecular flexibility index (Phi) is 5.84. The van der Waals surface area contributed by atoms with Gasteiger partial charge in [-0.25, -0.2) is 8.42 Å². The smallest absolute Gasteiger partial charge is 0.238 e. The fourth-order valence-corrected chi connectivity index (χ4v) is 3.83. The largest absolute Gasteiger partial charge is 0.358 e. The Bertz CT molecular complexity index is 707. The molecule has 6 heteroatoms. The summed E-state index contributed by atoms with van der Waals surface area (Å²) in [5, 5.41) is 1.64. The number of fused-ring (bicyclic) bond motifs is 1. The van der Waals surface area contributed by atoms with Crippen molar-refractivity contribution in [2.75, 3.05) is 13.1 Å². The number of hydrogen-bond acceptors (Lipinski definition) is 3. The summed E-state index contributed by atoms with van der Waals surface area (Å²) in [6, 6.07) is 5.32. The van der Waals surface area contributed by atoms with Crippen LogP contribution >= 0.6 is 0 Å². The van der Waals surface area contributed by atoms with Crippen LogP contribution < -0.4 is 0 Å². The predicted molar refractivity (Wildman–Crippen MR) is 76.0 cm³/mol. The van der Waals surface area contributed by atoms with E-state index in [-0.39, 0.29) is 40.1 Å². The van der Waals surface area contributed by atoms with Gasteiger partial charge >= 0.3 is 0 Å². The van der Waals surface area contributed by atoms with E-state index in [1.165, 1.54) is 4.31 Å². The molecule has 1 saturated heterocycles. The minimum atomic E-state index is -3.38. The summed E-state index contributed by atoms with van der Waals surface area (Å²) in [6.07, 6.45) is 5.34. The van der Waals surface area contributed by atoms with E-state index in [1.807, 2.05) is 19.4 Å². The molecule has 1 radical (unpaired) electrons. The van der Waals surface area contributed by atoms with Gasteiger partial charge in [-0.1, -0.05) is 12.1 Å². The van der Waals surface area contributed by atoms with Crippen molar-refractivity contribution in [3.05, 3.63) is 50.0 Å². The van der Waals surface area contributed by atoms with E-state index in [9.17, 15) is 8.42 Å². The van der Waals surface area contributed by atoms with Gasteiger partial charge in [-0.15, -0.1) is 13.1 Å². The summed E-state index contributed by atoms with van der Waals surface area (Å²) in [5.74, 6) is 0. The first-order chi connectivity index (χ1) is 8.60. The second-order valence-corrected chi connectivity index (χ2v) is 6.33. The summed E-state index contributed by atoms with van der Waals surface area (Å²) in [4.78, 5) is 4.48. The number of pyridine rings is 1. The standard InChI is InChI=1S/C13H13N2O2S.CH3.Y/c1-10-8-14-9-11-4-2-5-12(13(10)11)18(16,17)15-6-3-7-15;;/h2-5,8-9H,6-7H2,1H3;1H3;/q2*-1;. The van der Waals surface area contributed by atoms with Gasteiger partial charge in [0.15, 0.2) is 0 Å². The number of hydrogen-bond donors (Lipinski definition) is 0. The normalized spacial score (nSPS) is 15.1. The summed E-state index contributed by atoms with van der Waals surface area (Å²) in [5.41, 5.74) is 0.885. The zero-order chi connectivity index (χ0) is 12.8. The SMILES string of the molecule is Cc1cncc2cccc(S(=O)(=O)N3C[CH-]C3)c12.[CH3-].[Y]. The van der Waals surface area contributed by atoms with Gasteiger partial charge in [0.25, 0.3) is 0 Å². The van der Waals surface area contributed by atoms with Crippen LogP contribution in [0.15, 0.2) is 35.5 Å². The molecule has 1 aromatic heterocycles. The van der Waals surface area contributed by atoms with Crippen molar-refractivity contribution in [2.45, 2.75) is 11.8 Å². The molecule has 4 nitrogen and oxygen atoms in total. The maximum atomic E-state index is 12.5. The molecular weight excluding hydrogens is 349 g/mol. The van der Waals surface area contributed by atoms with Gasteiger partial charge < -0.3 is 7.43 Å². The quantitative estimate of drug-likeness (QED) is 0.767. The molecule has 1 fully saturated rings. The second-order valence-electron chi connectivity index (χ2n) is 4.42. The fourth-order valence-electron chi connectivity index (χ4n) is 2.16. The first-order valence-corrected chi connectivity index (χ1v) is 7.20. The number of nitrogens with zero attached hydrogens (tertiary/aromatic N) is 2. The number of rotatable bonds is 2. The van der Waals surface area contributed by atoms with Crippen molar-refractivity contribution < 1.29 is 41.1 Å². The average molecular weight is 365 g/mol. The molecule has 0 spiro atoms. The number of aromatic nitrogens is 1. The maximum absolute atomic E-state index is 12.5. The van der Waals surface area contributed by atoms with E-state index in [0.29, 0.717) is 18.0 Å². The van der Waals surface area contributed by atoms with E-state index in [2.05, 4.69) is 4.98 Å². The van der Waals surface area contributed by atoms with Crippen LogP contribution in [0.1, 0.15) is 5.56 Å². The van der Waals surface area contributed by atoms with Crippen LogP contribution in [0.3, 0.4) is 0 Å². The van der Waals surface area contributed by atoms with Crippen LogP contribution in [0.5, 0.6) is 0 Å². The molecular formula is C14H16N2O2SY-2. The van der Waals surface area contributed by atoms with E-state index >= 15 is 0 Å². The molecule has 2 heterocycles. The van der Waals surface area contributed by atoms with Gasteiger partial charge in [-0.05, 0) is 18.6 Å². The van der Waals surface area contributed by atoms with Crippen molar-refractivity contribution >= 4 is 20.8 Å². The molecule has 0 N–H and O–H groups in total. The Hall–Kier alpha value is -0.356. The van der Waals surface area contributed by atoms with Gasteiger partial charge in [0.05, 0.1) is 4.90 Å². The summed E-state index contributed by atoms with van der Waals surface area (Å²) < 4.78 is 26.4. The molecule has 0 aliphatic carbocycles. The molecule has 0 unspecified atom stereocenters. The Morgan fingerprint density at radius 2 is 1.95 bits per heavy atom. The molecule has 1 aromatic carbocycles. The van der Waals surface area contributed by atoms with Crippen molar-refractivity contribution in [3.8, 4) is 0 Å². The van der Waals surface area contributed by atoms with Gasteiger partial charge in [-0.2, -0.15) is 0 Å². The van der Waals surface area contributed by atoms with E-state index in [1.54, 1.807) is 24.5 Å². The molecule has 0 amide bonds. The van der Waals surface area contributed by atoms with Gasteiger partial charge in [-0.3, -0.25) is 15.7 Å². The molecule has 3 rings (SSSR count). The van der Waals surface area contributed by atoms with Crippen molar-refractivity contribution in [2.24, 2.45) is 0 Å². The number of sulfonamides is 1. The third-order valence-corrected chi connectivity index (χ3v) is 5.09. The predicted octanol–water partition coefficient (Wildman–Crippen LogP) is 2.20. The molecule has 20 heavy (non-hydrogen) atoms. The molecule has 1 aliphatic rings. The third-order valence-electron chi connectivity index (χ3n) is 3.22. The minimum absolute atomic E-state index is 0. The van der Waals surface area contributed by atoms with E-state index in [4.69, 9.17) is 0 Å². The van der Waals surface area contributed by atoms with Crippen molar-refractivity contribution in [1.29, 1.82) is 0 Å².